The van der Waals surface area contributed by atoms with Crippen LogP contribution in [0.4, 0.5) is 5.69 Å². The fraction of sp³-hybridized carbons (Fsp3) is 0.154. The Morgan fingerprint density at radius 2 is 1.69 bits per heavy atom. The lowest BCUT2D eigenvalue weighted by Gasteiger charge is -2.13. The van der Waals surface area contributed by atoms with Crippen LogP contribution in [0.3, 0.4) is 0 Å². The minimum absolute atomic E-state index is 0. The number of benzene rings is 3. The first-order valence-electron chi connectivity index (χ1n) is 10.3. The van der Waals surface area contributed by atoms with E-state index in [1.54, 1.807) is 0 Å². The lowest BCUT2D eigenvalue weighted by Crippen LogP contribution is -3.00. The van der Waals surface area contributed by atoms with Gasteiger partial charge in [-0.3, -0.25) is 0 Å². The van der Waals surface area contributed by atoms with E-state index in [1.807, 2.05) is 61.6 Å². The first kappa shape index (κ1) is 23.5. The van der Waals surface area contributed by atoms with Crippen molar-refractivity contribution in [2.24, 2.45) is 0 Å². The third-order valence-electron chi connectivity index (χ3n) is 5.38. The molecule has 5 nitrogen and oxygen atoms in total. The number of rotatable bonds is 6. The van der Waals surface area contributed by atoms with Gasteiger partial charge in [0.15, 0.2) is 11.0 Å². The third kappa shape index (κ3) is 4.55. The van der Waals surface area contributed by atoms with Crippen molar-refractivity contribution < 1.29 is 38.1 Å². The molecule has 0 saturated heterocycles. The van der Waals surface area contributed by atoms with Crippen LogP contribution < -0.4 is 33.4 Å². The van der Waals surface area contributed by atoms with Gasteiger partial charge in [-0.1, -0.05) is 36.4 Å². The normalized spacial score (nSPS) is 10.8. The SMILES string of the molecule is CC[n+]1c(/C=C/N(C)c2ccccc2)n(-c2ccccc2)c2ccc(C(=O)OC)cc21.[I-]. The van der Waals surface area contributed by atoms with Crippen molar-refractivity contribution in [2.45, 2.75) is 13.5 Å². The number of hydrogen-bond acceptors (Lipinski definition) is 3. The molecular formula is C26H26IN3O2. The van der Waals surface area contributed by atoms with E-state index >= 15 is 0 Å². The van der Waals surface area contributed by atoms with Crippen molar-refractivity contribution in [1.29, 1.82) is 0 Å². The predicted molar refractivity (Wildman–Crippen MR) is 124 cm³/mol. The molecule has 0 spiro atoms. The van der Waals surface area contributed by atoms with Crippen LogP contribution in [-0.2, 0) is 11.3 Å². The molecule has 0 bridgehead atoms. The van der Waals surface area contributed by atoms with E-state index in [-0.39, 0.29) is 29.9 Å². The molecule has 0 radical (unpaired) electrons. The van der Waals surface area contributed by atoms with E-state index in [1.165, 1.54) is 7.11 Å². The number of ether oxygens (including phenoxy) is 1. The molecule has 32 heavy (non-hydrogen) atoms. The fourth-order valence-corrected chi connectivity index (χ4v) is 3.81. The van der Waals surface area contributed by atoms with Crippen LogP contribution in [0.5, 0.6) is 0 Å². The van der Waals surface area contributed by atoms with Gasteiger partial charge in [-0.25, -0.2) is 9.36 Å². The predicted octanol–water partition coefficient (Wildman–Crippen LogP) is 1.84. The molecule has 4 rings (SSSR count). The number of aromatic nitrogens is 2. The van der Waals surface area contributed by atoms with Gasteiger partial charge in [-0.05, 0) is 43.3 Å². The summed E-state index contributed by atoms with van der Waals surface area (Å²) in [6.45, 7) is 2.87. The summed E-state index contributed by atoms with van der Waals surface area (Å²) in [4.78, 5) is 14.2. The van der Waals surface area contributed by atoms with Crippen molar-refractivity contribution in [1.82, 2.24) is 4.57 Å². The maximum atomic E-state index is 12.1. The number of aryl methyl sites for hydroxylation is 1. The zero-order valence-electron chi connectivity index (χ0n) is 18.4. The highest BCUT2D eigenvalue weighted by molar-refractivity contribution is 5.93. The second-order valence-electron chi connectivity index (χ2n) is 7.23. The minimum Gasteiger partial charge on any atom is -1.00 e. The fourth-order valence-electron chi connectivity index (χ4n) is 3.81. The molecule has 0 aliphatic heterocycles. The van der Waals surface area contributed by atoms with Crippen molar-refractivity contribution >= 4 is 28.8 Å². The topological polar surface area (TPSA) is 38.4 Å². The van der Waals surface area contributed by atoms with Gasteiger partial charge in [0.1, 0.15) is 5.69 Å². The number of imidazole rings is 1. The summed E-state index contributed by atoms with van der Waals surface area (Å²) in [5.41, 5.74) is 4.73. The Kier molecular flexibility index (Phi) is 7.69. The van der Waals surface area contributed by atoms with E-state index in [4.69, 9.17) is 4.74 Å². The molecular weight excluding hydrogens is 513 g/mol. The van der Waals surface area contributed by atoms with Crippen LogP contribution in [0.2, 0.25) is 0 Å². The van der Waals surface area contributed by atoms with E-state index < -0.39 is 0 Å². The van der Waals surface area contributed by atoms with Gasteiger partial charge in [0, 0.05) is 31.1 Å². The molecule has 0 fully saturated rings. The molecule has 4 aromatic rings. The molecule has 1 aromatic heterocycles. The van der Waals surface area contributed by atoms with Gasteiger partial charge >= 0.3 is 5.97 Å². The van der Waals surface area contributed by atoms with Crippen molar-refractivity contribution in [3.05, 3.63) is 96.5 Å². The van der Waals surface area contributed by atoms with E-state index in [2.05, 4.69) is 57.5 Å². The number of methoxy groups -OCH3 is 1. The molecule has 0 aliphatic rings. The van der Waals surface area contributed by atoms with Crippen LogP contribution in [0.25, 0.3) is 22.8 Å². The molecule has 0 amide bonds. The average Bonchev–Trinajstić information content (AvgIpc) is 3.15. The van der Waals surface area contributed by atoms with Gasteiger partial charge < -0.3 is 33.6 Å². The number of anilines is 1. The summed E-state index contributed by atoms with van der Waals surface area (Å²) in [6.07, 6.45) is 4.18. The summed E-state index contributed by atoms with van der Waals surface area (Å²) in [5.74, 6) is 0.686. The van der Waals surface area contributed by atoms with Crippen LogP contribution in [0, 0.1) is 0 Å². The number of para-hydroxylation sites is 2. The first-order chi connectivity index (χ1) is 15.1. The van der Waals surface area contributed by atoms with Gasteiger partial charge in [0.2, 0.25) is 0 Å². The average molecular weight is 539 g/mol. The quantitative estimate of drug-likeness (QED) is 0.213. The number of hydrogen-bond donors (Lipinski definition) is 0. The highest BCUT2D eigenvalue weighted by Crippen LogP contribution is 2.23. The maximum Gasteiger partial charge on any atom is 0.338 e. The number of carbonyl (C=O) groups is 1. The Morgan fingerprint density at radius 1 is 1.03 bits per heavy atom. The monoisotopic (exact) mass is 539 g/mol. The highest BCUT2D eigenvalue weighted by Gasteiger charge is 2.25. The third-order valence-corrected chi connectivity index (χ3v) is 5.38. The molecule has 6 heteroatoms. The Hall–Kier alpha value is -3.13. The maximum absolute atomic E-state index is 12.1. The van der Waals surface area contributed by atoms with Crippen molar-refractivity contribution in [3.8, 4) is 5.69 Å². The van der Waals surface area contributed by atoms with Crippen LogP contribution in [0.15, 0.2) is 85.1 Å². The van der Waals surface area contributed by atoms with E-state index in [0.29, 0.717) is 5.56 Å². The summed E-state index contributed by atoms with van der Waals surface area (Å²) in [7, 11) is 3.44. The van der Waals surface area contributed by atoms with Crippen molar-refractivity contribution in [2.75, 3.05) is 19.1 Å². The van der Waals surface area contributed by atoms with Gasteiger partial charge in [0.05, 0.1) is 19.2 Å². The first-order valence-corrected chi connectivity index (χ1v) is 10.3. The van der Waals surface area contributed by atoms with Gasteiger partial charge in [0.25, 0.3) is 5.82 Å². The number of esters is 1. The van der Waals surface area contributed by atoms with Crippen LogP contribution in [0.1, 0.15) is 23.1 Å². The van der Waals surface area contributed by atoms with E-state index in [0.717, 1.165) is 34.8 Å². The molecule has 1 heterocycles. The van der Waals surface area contributed by atoms with Crippen molar-refractivity contribution in [3.63, 3.8) is 0 Å². The Bertz CT molecular complexity index is 1230. The second-order valence-corrected chi connectivity index (χ2v) is 7.23. The molecule has 0 N–H and O–H groups in total. The Labute approximate surface area is 205 Å². The minimum atomic E-state index is -0.335. The second kappa shape index (κ2) is 10.5. The zero-order chi connectivity index (χ0) is 21.8. The number of carbonyl (C=O) groups excluding carboxylic acids is 1. The molecule has 0 aliphatic carbocycles. The van der Waals surface area contributed by atoms with Gasteiger partial charge in [-0.2, -0.15) is 4.57 Å². The highest BCUT2D eigenvalue weighted by atomic mass is 127. The van der Waals surface area contributed by atoms with Gasteiger partial charge in [-0.15, -0.1) is 0 Å². The van der Waals surface area contributed by atoms with Crippen LogP contribution in [-0.4, -0.2) is 24.7 Å². The summed E-state index contributed by atoms with van der Waals surface area (Å²) in [6, 6.07) is 26.2. The summed E-state index contributed by atoms with van der Waals surface area (Å²) in [5, 5.41) is 0. The Morgan fingerprint density at radius 3 is 2.31 bits per heavy atom. The molecule has 0 unspecified atom stereocenters. The lowest BCUT2D eigenvalue weighted by atomic mass is 10.2. The van der Waals surface area contributed by atoms with Crippen LogP contribution >= 0.6 is 0 Å². The lowest BCUT2D eigenvalue weighted by molar-refractivity contribution is -0.670. The number of nitrogens with zero attached hydrogens (tertiary/aromatic N) is 3. The molecule has 0 saturated carbocycles. The molecule has 0 atom stereocenters. The largest absolute Gasteiger partial charge is 1.00 e. The standard InChI is InChI=1S/C26H26N3O2.HI/c1-4-28-24-19-20(26(30)31-3)15-16-23(24)29(22-13-9-6-10-14-22)25(28)17-18-27(2)21-11-7-5-8-12-21;/h5-19H,4H2,1-3H3;1H/q+1;/p-1. The smallest absolute Gasteiger partial charge is 0.338 e. The molecule has 3 aromatic carbocycles. The summed E-state index contributed by atoms with van der Waals surface area (Å²) < 4.78 is 9.36. The Balaban J connectivity index is 0.00000289. The molecule has 164 valence electrons. The number of halogens is 1. The van der Waals surface area contributed by atoms with E-state index in [9.17, 15) is 4.79 Å². The number of fused-ring (bicyclic) bond motifs is 1. The zero-order valence-corrected chi connectivity index (χ0v) is 20.6. The summed E-state index contributed by atoms with van der Waals surface area (Å²) >= 11 is 0.